The topological polar surface area (TPSA) is 12.5 Å². The second-order valence-corrected chi connectivity index (χ2v) is 3.47. The van der Waals surface area contributed by atoms with Crippen LogP contribution in [0.25, 0.3) is 0 Å². The standard InChI is InChI=1S/C9H10OS/c1-11-8-4-2-7(3-5-8)9-6-10-9/h2-5,9H,6H2,1H3/t9-/m1/s1. The first-order valence-corrected chi connectivity index (χ1v) is 4.88. The molecule has 1 saturated heterocycles. The average Bonchev–Trinajstić information content (AvgIpc) is 2.87. The monoisotopic (exact) mass is 166 g/mol. The fraction of sp³-hybridized carbons (Fsp3) is 0.333. The van der Waals surface area contributed by atoms with E-state index in [1.54, 1.807) is 11.8 Å². The van der Waals surface area contributed by atoms with Crippen LogP contribution in [0.15, 0.2) is 29.2 Å². The van der Waals surface area contributed by atoms with Gasteiger partial charge in [0, 0.05) is 4.90 Å². The number of thioether (sulfide) groups is 1. The Morgan fingerprint density at radius 3 is 2.45 bits per heavy atom. The summed E-state index contributed by atoms with van der Waals surface area (Å²) < 4.78 is 5.16. The van der Waals surface area contributed by atoms with Gasteiger partial charge in [-0.15, -0.1) is 11.8 Å². The van der Waals surface area contributed by atoms with Crippen molar-refractivity contribution in [2.75, 3.05) is 12.9 Å². The first-order valence-electron chi connectivity index (χ1n) is 3.66. The van der Waals surface area contributed by atoms with Gasteiger partial charge in [0.2, 0.25) is 0 Å². The smallest absolute Gasteiger partial charge is 0.106 e. The Morgan fingerprint density at radius 1 is 1.36 bits per heavy atom. The third kappa shape index (κ3) is 1.57. The van der Waals surface area contributed by atoms with Gasteiger partial charge in [-0.2, -0.15) is 0 Å². The summed E-state index contributed by atoms with van der Waals surface area (Å²) in [4.78, 5) is 1.31. The molecule has 1 fully saturated rings. The molecule has 0 N–H and O–H groups in total. The lowest BCUT2D eigenvalue weighted by molar-refractivity contribution is 0.415. The Hall–Kier alpha value is -0.470. The quantitative estimate of drug-likeness (QED) is 0.494. The molecule has 0 spiro atoms. The lowest BCUT2D eigenvalue weighted by atomic mass is 10.2. The van der Waals surface area contributed by atoms with Crippen molar-refractivity contribution < 1.29 is 4.74 Å². The normalized spacial score (nSPS) is 21.7. The van der Waals surface area contributed by atoms with Crippen LogP contribution in [-0.4, -0.2) is 12.9 Å². The maximum atomic E-state index is 5.16. The van der Waals surface area contributed by atoms with Gasteiger partial charge in [0.1, 0.15) is 6.10 Å². The van der Waals surface area contributed by atoms with Crippen LogP contribution in [0.5, 0.6) is 0 Å². The van der Waals surface area contributed by atoms with E-state index in [0.29, 0.717) is 6.10 Å². The highest BCUT2D eigenvalue weighted by atomic mass is 32.2. The maximum absolute atomic E-state index is 5.16. The number of epoxide rings is 1. The zero-order valence-corrected chi connectivity index (χ0v) is 7.23. The Morgan fingerprint density at radius 2 is 2.00 bits per heavy atom. The lowest BCUT2D eigenvalue weighted by Crippen LogP contribution is -1.78. The average molecular weight is 166 g/mol. The molecule has 0 saturated carbocycles. The summed E-state index contributed by atoms with van der Waals surface area (Å²) in [7, 11) is 0. The van der Waals surface area contributed by atoms with E-state index in [-0.39, 0.29) is 0 Å². The molecule has 1 nitrogen and oxygen atoms in total. The Labute approximate surface area is 70.8 Å². The molecule has 1 aliphatic rings. The summed E-state index contributed by atoms with van der Waals surface area (Å²) in [6.45, 7) is 0.901. The fourth-order valence-corrected chi connectivity index (χ4v) is 1.47. The molecule has 1 aliphatic heterocycles. The van der Waals surface area contributed by atoms with Gasteiger partial charge in [0.15, 0.2) is 0 Å². The molecule has 1 aromatic rings. The van der Waals surface area contributed by atoms with Crippen molar-refractivity contribution in [3.63, 3.8) is 0 Å². The molecule has 58 valence electrons. The van der Waals surface area contributed by atoms with Crippen molar-refractivity contribution >= 4 is 11.8 Å². The predicted molar refractivity (Wildman–Crippen MR) is 46.9 cm³/mol. The van der Waals surface area contributed by atoms with Crippen LogP contribution >= 0.6 is 11.8 Å². The molecule has 1 aromatic carbocycles. The minimum atomic E-state index is 0.394. The first-order chi connectivity index (χ1) is 5.40. The van der Waals surface area contributed by atoms with Crippen LogP contribution in [0.2, 0.25) is 0 Å². The molecule has 11 heavy (non-hydrogen) atoms. The Balaban J connectivity index is 2.19. The number of benzene rings is 1. The van der Waals surface area contributed by atoms with Crippen LogP contribution in [-0.2, 0) is 4.74 Å². The van der Waals surface area contributed by atoms with E-state index in [9.17, 15) is 0 Å². The van der Waals surface area contributed by atoms with Crippen LogP contribution in [0, 0.1) is 0 Å². The molecular weight excluding hydrogens is 156 g/mol. The fourth-order valence-electron chi connectivity index (χ4n) is 1.06. The maximum Gasteiger partial charge on any atom is 0.106 e. The highest BCUT2D eigenvalue weighted by Crippen LogP contribution is 2.30. The van der Waals surface area contributed by atoms with Gasteiger partial charge in [0.25, 0.3) is 0 Å². The number of ether oxygens (including phenoxy) is 1. The summed E-state index contributed by atoms with van der Waals surface area (Å²) in [6.07, 6.45) is 2.48. The minimum absolute atomic E-state index is 0.394. The van der Waals surface area contributed by atoms with Crippen molar-refractivity contribution in [1.82, 2.24) is 0 Å². The highest BCUT2D eigenvalue weighted by molar-refractivity contribution is 7.98. The first kappa shape index (κ1) is 7.19. The van der Waals surface area contributed by atoms with E-state index in [1.807, 2.05) is 0 Å². The Kier molecular flexibility index (Phi) is 1.88. The van der Waals surface area contributed by atoms with Gasteiger partial charge >= 0.3 is 0 Å². The van der Waals surface area contributed by atoms with E-state index in [1.165, 1.54) is 10.5 Å². The minimum Gasteiger partial charge on any atom is -0.368 e. The van der Waals surface area contributed by atoms with Gasteiger partial charge in [-0.1, -0.05) is 12.1 Å². The van der Waals surface area contributed by atoms with Crippen molar-refractivity contribution in [3.8, 4) is 0 Å². The van der Waals surface area contributed by atoms with Crippen molar-refractivity contribution in [3.05, 3.63) is 29.8 Å². The largest absolute Gasteiger partial charge is 0.368 e. The SMILES string of the molecule is CSc1ccc([C@H]2CO2)cc1. The molecule has 0 aromatic heterocycles. The number of rotatable bonds is 2. The second-order valence-electron chi connectivity index (χ2n) is 2.60. The van der Waals surface area contributed by atoms with E-state index < -0.39 is 0 Å². The summed E-state index contributed by atoms with van der Waals surface area (Å²) in [6, 6.07) is 8.57. The number of hydrogen-bond donors (Lipinski definition) is 0. The predicted octanol–water partition coefficient (Wildman–Crippen LogP) is 2.48. The molecule has 1 atom stereocenters. The third-order valence-corrected chi connectivity index (χ3v) is 2.56. The molecule has 0 aliphatic carbocycles. The van der Waals surface area contributed by atoms with Crippen molar-refractivity contribution in [2.45, 2.75) is 11.0 Å². The number of hydrogen-bond acceptors (Lipinski definition) is 2. The lowest BCUT2D eigenvalue weighted by Gasteiger charge is -1.97. The van der Waals surface area contributed by atoms with E-state index in [2.05, 4.69) is 30.5 Å². The zero-order chi connectivity index (χ0) is 7.68. The summed E-state index contributed by atoms with van der Waals surface area (Å²) in [5.41, 5.74) is 1.31. The van der Waals surface area contributed by atoms with Crippen molar-refractivity contribution in [2.24, 2.45) is 0 Å². The third-order valence-electron chi connectivity index (χ3n) is 1.82. The zero-order valence-electron chi connectivity index (χ0n) is 6.41. The van der Waals surface area contributed by atoms with Crippen LogP contribution in [0.1, 0.15) is 11.7 Å². The molecule has 0 unspecified atom stereocenters. The van der Waals surface area contributed by atoms with Gasteiger partial charge in [0.05, 0.1) is 6.61 Å². The molecular formula is C9H10OS. The van der Waals surface area contributed by atoms with Gasteiger partial charge < -0.3 is 4.74 Å². The van der Waals surface area contributed by atoms with E-state index >= 15 is 0 Å². The highest BCUT2D eigenvalue weighted by Gasteiger charge is 2.23. The molecule has 0 amide bonds. The molecule has 1 heterocycles. The molecule has 2 heteroatoms. The molecule has 0 bridgehead atoms. The molecule has 0 radical (unpaired) electrons. The van der Waals surface area contributed by atoms with Crippen LogP contribution < -0.4 is 0 Å². The summed E-state index contributed by atoms with van der Waals surface area (Å²) in [5.74, 6) is 0. The summed E-state index contributed by atoms with van der Waals surface area (Å²) in [5, 5.41) is 0. The Bertz CT molecular complexity index is 238. The van der Waals surface area contributed by atoms with Crippen molar-refractivity contribution in [1.29, 1.82) is 0 Å². The van der Waals surface area contributed by atoms with E-state index in [4.69, 9.17) is 4.74 Å². The second kappa shape index (κ2) is 2.88. The van der Waals surface area contributed by atoms with Crippen LogP contribution in [0.4, 0.5) is 0 Å². The van der Waals surface area contributed by atoms with Gasteiger partial charge in [-0.05, 0) is 24.0 Å². The summed E-state index contributed by atoms with van der Waals surface area (Å²) >= 11 is 1.77. The van der Waals surface area contributed by atoms with E-state index in [0.717, 1.165) is 6.61 Å². The van der Waals surface area contributed by atoms with Crippen LogP contribution in [0.3, 0.4) is 0 Å². The molecule has 2 rings (SSSR count). The van der Waals surface area contributed by atoms with Gasteiger partial charge in [-0.3, -0.25) is 0 Å². The van der Waals surface area contributed by atoms with Gasteiger partial charge in [-0.25, -0.2) is 0 Å².